The number of carbonyl (C=O) groups excluding carboxylic acids is 1. The second-order valence-corrected chi connectivity index (χ2v) is 5.53. The van der Waals surface area contributed by atoms with Crippen molar-refractivity contribution in [2.75, 3.05) is 26.9 Å². The number of alkyl halides is 1. The summed E-state index contributed by atoms with van der Waals surface area (Å²) in [6, 6.07) is 0. The Labute approximate surface area is 124 Å². The molecule has 4 nitrogen and oxygen atoms in total. The van der Waals surface area contributed by atoms with E-state index in [-0.39, 0.29) is 10.8 Å². The number of esters is 1. The van der Waals surface area contributed by atoms with Crippen molar-refractivity contribution in [3.63, 3.8) is 0 Å². The van der Waals surface area contributed by atoms with Gasteiger partial charge < -0.3 is 14.2 Å². The molecule has 0 fully saturated rings. The number of halogens is 2. The molecule has 1 atom stereocenters. The molecular formula is C12H16Br2O4. The summed E-state index contributed by atoms with van der Waals surface area (Å²) in [4.78, 5) is 11.6. The highest BCUT2D eigenvalue weighted by atomic mass is 79.9. The Morgan fingerprint density at radius 2 is 2.11 bits per heavy atom. The number of hydrogen-bond donors (Lipinski definition) is 0. The van der Waals surface area contributed by atoms with Gasteiger partial charge in [0.25, 0.3) is 0 Å². The molecule has 0 radical (unpaired) electrons. The van der Waals surface area contributed by atoms with Gasteiger partial charge in [0.05, 0.1) is 28.1 Å². The van der Waals surface area contributed by atoms with E-state index >= 15 is 0 Å². The Bertz CT molecular complexity index is 363. The number of rotatable bonds is 7. The van der Waals surface area contributed by atoms with Gasteiger partial charge in [-0.05, 0) is 35.4 Å². The summed E-state index contributed by atoms with van der Waals surface area (Å²) in [7, 11) is 1.63. The molecule has 0 amide bonds. The average Bonchev–Trinajstić information content (AvgIpc) is 2.63. The lowest BCUT2D eigenvalue weighted by atomic mass is 10.1. The molecule has 0 aromatic heterocycles. The Morgan fingerprint density at radius 3 is 2.67 bits per heavy atom. The van der Waals surface area contributed by atoms with Crippen molar-refractivity contribution in [2.45, 2.75) is 18.2 Å². The highest BCUT2D eigenvalue weighted by Gasteiger charge is 2.32. The minimum Gasteiger partial charge on any atom is -0.422 e. The lowest BCUT2D eigenvalue weighted by Gasteiger charge is -2.09. The van der Waals surface area contributed by atoms with Crippen molar-refractivity contribution in [1.82, 2.24) is 0 Å². The monoisotopic (exact) mass is 382 g/mol. The maximum Gasteiger partial charge on any atom is 0.341 e. The molecule has 0 bridgehead atoms. The van der Waals surface area contributed by atoms with Crippen LogP contribution in [0.3, 0.4) is 0 Å². The van der Waals surface area contributed by atoms with E-state index in [1.54, 1.807) is 13.2 Å². The molecule has 1 heterocycles. The summed E-state index contributed by atoms with van der Waals surface area (Å²) in [6.07, 6.45) is 2.45. The fourth-order valence-corrected chi connectivity index (χ4v) is 3.11. The average molecular weight is 384 g/mol. The summed E-state index contributed by atoms with van der Waals surface area (Å²) in [5.41, 5.74) is 0.610. The number of methoxy groups -OCH3 is 1. The highest BCUT2D eigenvalue weighted by molar-refractivity contribution is 9.12. The van der Waals surface area contributed by atoms with E-state index in [1.165, 1.54) is 0 Å². The van der Waals surface area contributed by atoms with Crippen molar-refractivity contribution in [2.24, 2.45) is 0 Å². The van der Waals surface area contributed by atoms with Gasteiger partial charge in [0.2, 0.25) is 0 Å². The van der Waals surface area contributed by atoms with Crippen LogP contribution >= 0.6 is 31.9 Å². The lowest BCUT2D eigenvalue weighted by Crippen LogP contribution is -2.14. The Kier molecular flexibility index (Phi) is 7.14. The Balaban J connectivity index is 2.48. The third-order valence-corrected chi connectivity index (χ3v) is 4.13. The molecular weight excluding hydrogens is 368 g/mol. The fourth-order valence-electron chi connectivity index (χ4n) is 1.45. The maximum atomic E-state index is 11.7. The zero-order valence-electron chi connectivity index (χ0n) is 10.4. The molecule has 0 aromatic rings. The minimum absolute atomic E-state index is 0.0839. The lowest BCUT2D eigenvalue weighted by molar-refractivity contribution is -0.133. The molecule has 1 aliphatic heterocycles. The van der Waals surface area contributed by atoms with Gasteiger partial charge in [-0.3, -0.25) is 0 Å². The van der Waals surface area contributed by atoms with E-state index in [0.29, 0.717) is 42.1 Å². The number of cyclic esters (lactones) is 1. The largest absolute Gasteiger partial charge is 0.422 e. The smallest absolute Gasteiger partial charge is 0.341 e. The first-order valence-electron chi connectivity index (χ1n) is 5.61. The fraction of sp³-hybridized carbons (Fsp3) is 0.583. The van der Waals surface area contributed by atoms with Crippen molar-refractivity contribution in [3.05, 3.63) is 21.9 Å². The van der Waals surface area contributed by atoms with Gasteiger partial charge in [-0.25, -0.2) is 4.79 Å². The number of carbonyl (C=O) groups is 1. The summed E-state index contributed by atoms with van der Waals surface area (Å²) in [5, 5.41) is 0. The molecule has 6 heteroatoms. The summed E-state index contributed by atoms with van der Waals surface area (Å²) < 4.78 is 16.1. The van der Waals surface area contributed by atoms with Crippen LogP contribution in [0.1, 0.15) is 13.3 Å². The van der Waals surface area contributed by atoms with Crippen LogP contribution in [0.5, 0.6) is 0 Å². The van der Waals surface area contributed by atoms with Crippen LogP contribution in [0.25, 0.3) is 0 Å². The first-order valence-corrected chi connectivity index (χ1v) is 7.32. The molecule has 18 heavy (non-hydrogen) atoms. The predicted octanol–water partition coefficient (Wildman–Crippen LogP) is 2.91. The van der Waals surface area contributed by atoms with Gasteiger partial charge >= 0.3 is 5.97 Å². The summed E-state index contributed by atoms with van der Waals surface area (Å²) >= 11 is 6.87. The van der Waals surface area contributed by atoms with E-state index in [4.69, 9.17) is 14.2 Å². The van der Waals surface area contributed by atoms with E-state index in [1.807, 2.05) is 6.92 Å². The van der Waals surface area contributed by atoms with Crippen molar-refractivity contribution in [3.8, 4) is 0 Å². The first-order chi connectivity index (χ1) is 8.61. The van der Waals surface area contributed by atoms with E-state index in [2.05, 4.69) is 31.9 Å². The van der Waals surface area contributed by atoms with E-state index < -0.39 is 0 Å². The van der Waals surface area contributed by atoms with E-state index in [9.17, 15) is 4.79 Å². The van der Waals surface area contributed by atoms with Crippen LogP contribution in [0.2, 0.25) is 0 Å². The molecule has 0 aromatic carbocycles. The minimum atomic E-state index is -0.311. The normalized spacial score (nSPS) is 19.6. The molecule has 0 N–H and O–H groups in total. The van der Waals surface area contributed by atoms with Crippen LogP contribution in [0, 0.1) is 0 Å². The van der Waals surface area contributed by atoms with Gasteiger partial charge in [-0.1, -0.05) is 15.9 Å². The second kappa shape index (κ2) is 8.09. The van der Waals surface area contributed by atoms with Gasteiger partial charge in [-0.2, -0.15) is 0 Å². The van der Waals surface area contributed by atoms with Crippen LogP contribution in [0.15, 0.2) is 21.9 Å². The second-order valence-electron chi connectivity index (χ2n) is 3.63. The number of ether oxygens (including phenoxy) is 3. The molecule has 102 valence electrons. The van der Waals surface area contributed by atoms with Crippen LogP contribution in [-0.2, 0) is 19.0 Å². The first kappa shape index (κ1) is 15.9. The number of allylic oxidation sites excluding steroid dienone is 2. The highest BCUT2D eigenvalue weighted by Crippen LogP contribution is 2.35. The zero-order chi connectivity index (χ0) is 13.5. The zero-order valence-corrected chi connectivity index (χ0v) is 13.5. The third kappa shape index (κ3) is 4.19. The van der Waals surface area contributed by atoms with Gasteiger partial charge in [0.15, 0.2) is 0 Å². The standard InChI is InChI=1S/C12H16Br2O4/c1-3-9-11(14)10(12(15)18-9)8(13)4-5-17-7-6-16-2/h3,8H,4-7H2,1-2H3/b9-3-. The van der Waals surface area contributed by atoms with Gasteiger partial charge in [0.1, 0.15) is 5.76 Å². The van der Waals surface area contributed by atoms with Crippen LogP contribution in [0.4, 0.5) is 0 Å². The molecule has 0 saturated heterocycles. The Morgan fingerprint density at radius 1 is 1.39 bits per heavy atom. The molecule has 1 aliphatic rings. The SMILES string of the molecule is C/C=C1\OC(=O)C(C(Br)CCOCCOC)=C1Br. The number of hydrogen-bond acceptors (Lipinski definition) is 4. The van der Waals surface area contributed by atoms with Crippen molar-refractivity contribution in [1.29, 1.82) is 0 Å². The van der Waals surface area contributed by atoms with E-state index in [0.717, 1.165) is 0 Å². The quantitative estimate of drug-likeness (QED) is 0.385. The van der Waals surface area contributed by atoms with Gasteiger partial charge in [0, 0.05) is 13.7 Å². The topological polar surface area (TPSA) is 44.8 Å². The van der Waals surface area contributed by atoms with Crippen LogP contribution in [-0.4, -0.2) is 37.7 Å². The third-order valence-electron chi connectivity index (χ3n) is 2.40. The summed E-state index contributed by atoms with van der Waals surface area (Å²) in [5.74, 6) is 0.258. The molecule has 1 unspecified atom stereocenters. The molecule has 0 spiro atoms. The molecule has 0 aliphatic carbocycles. The van der Waals surface area contributed by atoms with Gasteiger partial charge in [-0.15, -0.1) is 0 Å². The predicted molar refractivity (Wildman–Crippen MR) is 75.8 cm³/mol. The summed E-state index contributed by atoms with van der Waals surface area (Å²) in [6.45, 7) is 3.51. The van der Waals surface area contributed by atoms with Crippen molar-refractivity contribution >= 4 is 37.8 Å². The molecule has 1 rings (SSSR count). The maximum absolute atomic E-state index is 11.7. The molecule has 0 saturated carbocycles. The Hall–Kier alpha value is -0.170. The van der Waals surface area contributed by atoms with Crippen LogP contribution < -0.4 is 0 Å². The van der Waals surface area contributed by atoms with Crippen molar-refractivity contribution < 1.29 is 19.0 Å².